The molecule has 0 saturated carbocycles. The summed E-state index contributed by atoms with van der Waals surface area (Å²) in [5.41, 5.74) is 1.33. The summed E-state index contributed by atoms with van der Waals surface area (Å²) in [6.45, 7) is 2.12. The van der Waals surface area contributed by atoms with Gasteiger partial charge in [-0.3, -0.25) is 0 Å². The van der Waals surface area contributed by atoms with Crippen LogP contribution in [0.1, 0.15) is 5.56 Å². The molecule has 0 spiro atoms. The summed E-state index contributed by atoms with van der Waals surface area (Å²) in [5, 5.41) is 0. The maximum atomic E-state index is 6.10. The van der Waals surface area contributed by atoms with Gasteiger partial charge in [-0.1, -0.05) is 0 Å². The molecule has 58 valence electrons. The van der Waals surface area contributed by atoms with Crippen LogP contribution < -0.4 is 0 Å². The van der Waals surface area contributed by atoms with Crippen molar-refractivity contribution in [1.29, 1.82) is 0 Å². The van der Waals surface area contributed by atoms with Gasteiger partial charge < -0.3 is 0 Å². The van der Waals surface area contributed by atoms with Crippen molar-refractivity contribution < 1.29 is 0 Å². The SMILES string of the molecule is Cc1ccc2c(c1)S[As](Cl)S2. The van der Waals surface area contributed by atoms with E-state index < -0.39 is 11.4 Å². The zero-order valence-corrected chi connectivity index (χ0v) is 10.1. The number of hydrogen-bond acceptors (Lipinski definition) is 2. The van der Waals surface area contributed by atoms with Crippen molar-refractivity contribution in [2.24, 2.45) is 0 Å². The van der Waals surface area contributed by atoms with Gasteiger partial charge in [-0.2, -0.15) is 0 Å². The molecule has 1 atom stereocenters. The second-order valence-electron chi connectivity index (χ2n) is 2.35. The molecule has 0 nitrogen and oxygen atoms in total. The molecule has 11 heavy (non-hydrogen) atoms. The topological polar surface area (TPSA) is 0 Å². The van der Waals surface area contributed by atoms with Gasteiger partial charge in [0.2, 0.25) is 0 Å². The molecule has 0 amide bonds. The summed E-state index contributed by atoms with van der Waals surface area (Å²) < 4.78 is 0. The van der Waals surface area contributed by atoms with Crippen molar-refractivity contribution >= 4 is 41.4 Å². The fourth-order valence-electron chi connectivity index (χ4n) is 0.935. The van der Waals surface area contributed by atoms with Gasteiger partial charge in [0.25, 0.3) is 0 Å². The number of benzene rings is 1. The molecule has 1 aliphatic rings. The van der Waals surface area contributed by atoms with Crippen LogP contribution in [-0.2, 0) is 0 Å². The van der Waals surface area contributed by atoms with Gasteiger partial charge in [-0.25, -0.2) is 0 Å². The first kappa shape index (κ1) is 8.37. The number of aryl methyl sites for hydroxylation is 1. The minimum absolute atomic E-state index is 1.11. The molecule has 1 aromatic carbocycles. The quantitative estimate of drug-likeness (QED) is 0.659. The van der Waals surface area contributed by atoms with Crippen molar-refractivity contribution in [3.63, 3.8) is 0 Å². The summed E-state index contributed by atoms with van der Waals surface area (Å²) in [6.07, 6.45) is 0. The van der Waals surface area contributed by atoms with E-state index in [0.29, 0.717) is 0 Å². The fraction of sp³-hybridized carbons (Fsp3) is 0.143. The Labute approximate surface area is 81.5 Å². The Balaban J connectivity index is 2.43. The van der Waals surface area contributed by atoms with Crippen LogP contribution in [0.2, 0.25) is 0 Å². The molecule has 1 unspecified atom stereocenters. The normalized spacial score (nSPS) is 21.8. The Hall–Kier alpha value is 0.768. The van der Waals surface area contributed by atoms with Crippen LogP contribution in [0.4, 0.5) is 0 Å². The van der Waals surface area contributed by atoms with Crippen LogP contribution in [-0.4, -0.2) is 11.4 Å². The summed E-state index contributed by atoms with van der Waals surface area (Å²) in [7, 11) is 9.85. The number of hydrogen-bond donors (Lipinski definition) is 0. The van der Waals surface area contributed by atoms with Crippen LogP contribution in [0.5, 0.6) is 0 Å². The molecule has 0 bridgehead atoms. The third-order valence-electron chi connectivity index (χ3n) is 1.44. The monoisotopic (exact) mass is 264 g/mol. The predicted molar refractivity (Wildman–Crippen MR) is 54.5 cm³/mol. The van der Waals surface area contributed by atoms with Crippen LogP contribution in [0, 0.1) is 6.92 Å². The van der Waals surface area contributed by atoms with Crippen molar-refractivity contribution in [3.8, 4) is 0 Å². The van der Waals surface area contributed by atoms with E-state index in [1.165, 1.54) is 15.4 Å². The second-order valence-corrected chi connectivity index (χ2v) is 15.6. The van der Waals surface area contributed by atoms with E-state index in [0.717, 1.165) is 0 Å². The van der Waals surface area contributed by atoms with E-state index in [-0.39, 0.29) is 0 Å². The van der Waals surface area contributed by atoms with Crippen LogP contribution in [0.25, 0.3) is 0 Å². The Morgan fingerprint density at radius 1 is 1.27 bits per heavy atom. The number of halogens is 1. The van der Waals surface area contributed by atoms with Gasteiger partial charge in [0, 0.05) is 0 Å². The first-order chi connectivity index (χ1) is 5.25. The van der Waals surface area contributed by atoms with Gasteiger partial charge in [0.15, 0.2) is 0 Å². The van der Waals surface area contributed by atoms with Crippen molar-refractivity contribution in [2.75, 3.05) is 0 Å². The van der Waals surface area contributed by atoms with Gasteiger partial charge in [0.1, 0.15) is 0 Å². The van der Waals surface area contributed by atoms with Crippen LogP contribution in [0.3, 0.4) is 0 Å². The first-order valence-electron chi connectivity index (χ1n) is 3.18. The van der Waals surface area contributed by atoms with E-state index in [2.05, 4.69) is 25.1 Å². The van der Waals surface area contributed by atoms with Gasteiger partial charge in [-0.15, -0.1) is 0 Å². The van der Waals surface area contributed by atoms with E-state index in [1.807, 2.05) is 20.0 Å². The Morgan fingerprint density at radius 3 is 2.82 bits per heavy atom. The van der Waals surface area contributed by atoms with E-state index in [4.69, 9.17) is 9.95 Å². The standard InChI is InChI=1S/C7H6AsClS2/c1-5-2-3-6-7(4-5)11-8(9)10-6/h2-4H,1H3. The molecule has 1 aliphatic heterocycles. The van der Waals surface area contributed by atoms with Crippen LogP contribution in [0.15, 0.2) is 28.0 Å². The van der Waals surface area contributed by atoms with Crippen molar-refractivity contribution in [2.45, 2.75) is 16.7 Å². The van der Waals surface area contributed by atoms with Gasteiger partial charge >= 0.3 is 81.9 Å². The predicted octanol–water partition coefficient (Wildman–Crippen LogP) is 3.42. The summed E-state index contributed by atoms with van der Waals surface area (Å²) in [5.74, 6) is 0. The maximum absolute atomic E-state index is 6.10. The molecule has 0 saturated heterocycles. The van der Waals surface area contributed by atoms with Crippen molar-refractivity contribution in [3.05, 3.63) is 23.8 Å². The van der Waals surface area contributed by atoms with E-state index >= 15 is 0 Å². The second kappa shape index (κ2) is 3.25. The fourth-order valence-corrected chi connectivity index (χ4v) is 12.5. The zero-order chi connectivity index (χ0) is 7.84. The molecule has 0 aromatic heterocycles. The number of rotatable bonds is 0. The molecular formula is C7H6AsClS2. The zero-order valence-electron chi connectivity index (χ0n) is 5.87. The molecular weight excluding hydrogens is 259 g/mol. The Morgan fingerprint density at radius 2 is 2.00 bits per heavy atom. The third-order valence-corrected chi connectivity index (χ3v) is 11.7. The van der Waals surface area contributed by atoms with Gasteiger partial charge in [0.05, 0.1) is 0 Å². The molecule has 4 heteroatoms. The molecule has 0 N–H and O–H groups in total. The summed E-state index contributed by atoms with van der Waals surface area (Å²) in [4.78, 5) is 2.78. The number of fused-ring (bicyclic) bond motifs is 1. The van der Waals surface area contributed by atoms with Gasteiger partial charge in [-0.05, 0) is 0 Å². The third kappa shape index (κ3) is 1.75. The average molecular weight is 265 g/mol. The average Bonchev–Trinajstić information content (AvgIpc) is 2.27. The van der Waals surface area contributed by atoms with Crippen LogP contribution >= 0.6 is 30.0 Å². The minimum atomic E-state index is -1.11. The van der Waals surface area contributed by atoms with Crippen molar-refractivity contribution in [1.82, 2.24) is 0 Å². The molecule has 2 rings (SSSR count). The Bertz CT molecular complexity index is 290. The molecule has 1 aromatic rings. The Kier molecular flexibility index (Phi) is 2.48. The molecule has 0 radical (unpaired) electrons. The summed E-state index contributed by atoms with van der Waals surface area (Å²) >= 11 is -1.11. The first-order valence-corrected chi connectivity index (χ1v) is 11.8. The van der Waals surface area contributed by atoms with E-state index in [9.17, 15) is 0 Å². The molecule has 1 heterocycles. The summed E-state index contributed by atoms with van der Waals surface area (Å²) in [6, 6.07) is 6.56. The molecule has 0 aliphatic carbocycles. The molecule has 0 fully saturated rings. The van der Waals surface area contributed by atoms with E-state index in [1.54, 1.807) is 0 Å².